The lowest BCUT2D eigenvalue weighted by molar-refractivity contribution is -0.140. The highest BCUT2D eigenvalue weighted by atomic mass is 35.5. The topological polar surface area (TPSA) is 39.2 Å². The summed E-state index contributed by atoms with van der Waals surface area (Å²) in [5, 5.41) is 1.45. The van der Waals surface area contributed by atoms with E-state index >= 15 is 0 Å². The number of alkyl halides is 1. The summed E-state index contributed by atoms with van der Waals surface area (Å²) in [6, 6.07) is 7.79. The van der Waals surface area contributed by atoms with Gasteiger partial charge in [0.15, 0.2) is 0 Å². The Hall–Kier alpha value is -1.61. The molecule has 1 atom stereocenters. The number of carbonyl (C=O) groups is 1. The molecule has 0 saturated heterocycles. The second-order valence-corrected chi connectivity index (χ2v) is 4.24. The first-order valence-electron chi connectivity index (χ1n) is 5.26. The van der Waals surface area contributed by atoms with E-state index in [0.29, 0.717) is 6.42 Å². The first-order valence-corrected chi connectivity index (χ1v) is 5.69. The number of halogens is 1. The van der Waals surface area contributed by atoms with E-state index in [1.54, 1.807) is 12.4 Å². The fourth-order valence-electron chi connectivity index (χ4n) is 1.77. The molecule has 0 radical (unpaired) electrons. The molecule has 3 nitrogen and oxygen atoms in total. The molecule has 1 aromatic carbocycles. The van der Waals surface area contributed by atoms with Crippen molar-refractivity contribution in [2.75, 3.05) is 7.11 Å². The van der Waals surface area contributed by atoms with Crippen LogP contribution in [0.25, 0.3) is 10.8 Å². The lowest BCUT2D eigenvalue weighted by Crippen LogP contribution is -2.18. The van der Waals surface area contributed by atoms with Gasteiger partial charge in [0.25, 0.3) is 0 Å². The minimum absolute atomic E-state index is 0.405. The van der Waals surface area contributed by atoms with Gasteiger partial charge in [-0.15, -0.1) is 11.6 Å². The molecular formula is C13H12ClNO2. The Kier molecular flexibility index (Phi) is 3.59. The number of carbonyl (C=O) groups excluding carboxylic acids is 1. The van der Waals surface area contributed by atoms with E-state index in [0.717, 1.165) is 16.3 Å². The van der Waals surface area contributed by atoms with Gasteiger partial charge in [-0.2, -0.15) is 0 Å². The summed E-state index contributed by atoms with van der Waals surface area (Å²) < 4.78 is 4.61. The zero-order chi connectivity index (χ0) is 12.3. The fourth-order valence-corrected chi connectivity index (χ4v) is 2.03. The average Bonchev–Trinajstić information content (AvgIpc) is 2.38. The van der Waals surface area contributed by atoms with Crippen LogP contribution in [0, 0.1) is 0 Å². The number of hydrogen-bond donors (Lipinski definition) is 0. The zero-order valence-corrected chi connectivity index (χ0v) is 10.1. The Morgan fingerprint density at radius 2 is 2.29 bits per heavy atom. The van der Waals surface area contributed by atoms with Crippen LogP contribution in [-0.2, 0) is 16.0 Å². The molecular weight excluding hydrogens is 238 g/mol. The number of nitrogens with zero attached hydrogens (tertiary/aromatic N) is 1. The summed E-state index contributed by atoms with van der Waals surface area (Å²) in [7, 11) is 1.34. The third kappa shape index (κ3) is 2.56. The maximum atomic E-state index is 11.3. The third-order valence-corrected chi connectivity index (χ3v) is 2.96. The summed E-state index contributed by atoms with van der Waals surface area (Å²) in [5.41, 5.74) is 1.02. The van der Waals surface area contributed by atoms with E-state index in [1.165, 1.54) is 7.11 Å². The number of methoxy groups -OCH3 is 1. The molecule has 1 unspecified atom stereocenters. The van der Waals surface area contributed by atoms with E-state index < -0.39 is 11.3 Å². The molecule has 17 heavy (non-hydrogen) atoms. The van der Waals surface area contributed by atoms with Gasteiger partial charge < -0.3 is 4.74 Å². The standard InChI is InChI=1S/C13H12ClNO2/c1-17-13(16)12(14)7-9-3-2-4-10-8-15-6-5-11(9)10/h2-6,8,12H,7H2,1H3. The molecule has 4 heteroatoms. The Morgan fingerprint density at radius 1 is 1.47 bits per heavy atom. The summed E-state index contributed by atoms with van der Waals surface area (Å²) >= 11 is 5.98. The van der Waals surface area contributed by atoms with Gasteiger partial charge in [-0.05, 0) is 17.0 Å². The Bertz CT molecular complexity index is 536. The molecule has 1 heterocycles. The van der Waals surface area contributed by atoms with Crippen LogP contribution in [0.1, 0.15) is 5.56 Å². The van der Waals surface area contributed by atoms with Gasteiger partial charge in [0.2, 0.25) is 0 Å². The number of fused-ring (bicyclic) bond motifs is 1. The predicted octanol–water partition coefficient (Wildman–Crippen LogP) is 2.56. The number of esters is 1. The SMILES string of the molecule is COC(=O)C(Cl)Cc1cccc2cnccc12. The van der Waals surface area contributed by atoms with Crippen molar-refractivity contribution in [2.45, 2.75) is 11.8 Å². The van der Waals surface area contributed by atoms with Gasteiger partial charge in [0.1, 0.15) is 5.38 Å². The van der Waals surface area contributed by atoms with E-state index in [9.17, 15) is 4.79 Å². The maximum Gasteiger partial charge on any atom is 0.324 e. The molecule has 0 spiro atoms. The normalized spacial score (nSPS) is 12.4. The lowest BCUT2D eigenvalue weighted by atomic mass is 10.0. The number of aromatic nitrogens is 1. The molecule has 0 aliphatic heterocycles. The molecule has 0 bridgehead atoms. The highest BCUT2D eigenvalue weighted by molar-refractivity contribution is 6.30. The Labute approximate surface area is 104 Å². The molecule has 2 rings (SSSR count). The molecule has 0 aliphatic rings. The van der Waals surface area contributed by atoms with Crippen LogP contribution in [0.2, 0.25) is 0 Å². The zero-order valence-electron chi connectivity index (χ0n) is 9.39. The van der Waals surface area contributed by atoms with Crippen molar-refractivity contribution in [1.82, 2.24) is 4.98 Å². The van der Waals surface area contributed by atoms with Crippen LogP contribution in [0.15, 0.2) is 36.7 Å². The smallest absolute Gasteiger partial charge is 0.324 e. The number of benzene rings is 1. The van der Waals surface area contributed by atoms with Gasteiger partial charge in [-0.25, -0.2) is 0 Å². The Balaban J connectivity index is 2.33. The van der Waals surface area contributed by atoms with Crippen LogP contribution >= 0.6 is 11.6 Å². The van der Waals surface area contributed by atoms with Crippen molar-refractivity contribution in [1.29, 1.82) is 0 Å². The van der Waals surface area contributed by atoms with E-state index in [1.807, 2.05) is 24.3 Å². The first kappa shape index (κ1) is 11.9. The van der Waals surface area contributed by atoms with Crippen molar-refractivity contribution in [2.24, 2.45) is 0 Å². The second kappa shape index (κ2) is 5.15. The van der Waals surface area contributed by atoms with Crippen molar-refractivity contribution < 1.29 is 9.53 Å². The minimum atomic E-state index is -0.654. The largest absolute Gasteiger partial charge is 0.468 e. The molecule has 2 aromatic rings. The average molecular weight is 250 g/mol. The quantitative estimate of drug-likeness (QED) is 0.620. The van der Waals surface area contributed by atoms with Gasteiger partial charge in [-0.1, -0.05) is 18.2 Å². The predicted molar refractivity (Wildman–Crippen MR) is 67.1 cm³/mol. The summed E-state index contributed by atoms with van der Waals surface area (Å²) in [6.45, 7) is 0. The van der Waals surface area contributed by atoms with Gasteiger partial charge in [0, 0.05) is 24.2 Å². The lowest BCUT2D eigenvalue weighted by Gasteiger charge is -2.09. The number of pyridine rings is 1. The van der Waals surface area contributed by atoms with Crippen LogP contribution in [0.5, 0.6) is 0 Å². The molecule has 0 aliphatic carbocycles. The van der Waals surface area contributed by atoms with Gasteiger partial charge in [-0.3, -0.25) is 9.78 Å². The van der Waals surface area contributed by atoms with E-state index in [2.05, 4.69) is 9.72 Å². The highest BCUT2D eigenvalue weighted by Crippen LogP contribution is 2.20. The van der Waals surface area contributed by atoms with Crippen LogP contribution < -0.4 is 0 Å². The highest BCUT2D eigenvalue weighted by Gasteiger charge is 2.17. The summed E-state index contributed by atoms with van der Waals surface area (Å²) in [4.78, 5) is 15.3. The molecule has 0 saturated carbocycles. The van der Waals surface area contributed by atoms with Gasteiger partial charge in [0.05, 0.1) is 7.11 Å². The van der Waals surface area contributed by atoms with Crippen molar-refractivity contribution in [3.63, 3.8) is 0 Å². The molecule has 0 amide bonds. The van der Waals surface area contributed by atoms with Crippen LogP contribution in [-0.4, -0.2) is 23.4 Å². The number of hydrogen-bond acceptors (Lipinski definition) is 3. The molecule has 0 N–H and O–H groups in total. The van der Waals surface area contributed by atoms with Gasteiger partial charge >= 0.3 is 5.97 Å². The van der Waals surface area contributed by atoms with E-state index in [-0.39, 0.29) is 0 Å². The summed E-state index contributed by atoms with van der Waals surface area (Å²) in [5.74, 6) is -0.405. The molecule has 0 fully saturated rings. The summed E-state index contributed by atoms with van der Waals surface area (Å²) in [6.07, 6.45) is 3.98. The van der Waals surface area contributed by atoms with Crippen molar-refractivity contribution in [3.05, 3.63) is 42.2 Å². The van der Waals surface area contributed by atoms with Crippen LogP contribution in [0.4, 0.5) is 0 Å². The van der Waals surface area contributed by atoms with Crippen molar-refractivity contribution >= 4 is 28.3 Å². The maximum absolute atomic E-state index is 11.3. The second-order valence-electron chi connectivity index (χ2n) is 3.71. The van der Waals surface area contributed by atoms with Crippen LogP contribution in [0.3, 0.4) is 0 Å². The molecule has 1 aromatic heterocycles. The van der Waals surface area contributed by atoms with Crippen molar-refractivity contribution in [3.8, 4) is 0 Å². The fraction of sp³-hybridized carbons (Fsp3) is 0.231. The van der Waals surface area contributed by atoms with E-state index in [4.69, 9.17) is 11.6 Å². The molecule has 88 valence electrons. The third-order valence-electron chi connectivity index (χ3n) is 2.63. The Morgan fingerprint density at radius 3 is 3.06 bits per heavy atom. The monoisotopic (exact) mass is 249 g/mol. The number of ether oxygens (including phenoxy) is 1. The first-order chi connectivity index (χ1) is 8.22. The number of rotatable bonds is 3. The minimum Gasteiger partial charge on any atom is -0.468 e.